The van der Waals surface area contributed by atoms with Crippen LogP contribution in [0, 0.1) is 5.92 Å². The van der Waals surface area contributed by atoms with Crippen LogP contribution in [0.5, 0.6) is 0 Å². The fourth-order valence-electron chi connectivity index (χ4n) is 1.62. The van der Waals surface area contributed by atoms with E-state index in [2.05, 4.69) is 0 Å². The van der Waals surface area contributed by atoms with Crippen LogP contribution in [0.2, 0.25) is 0 Å². The van der Waals surface area contributed by atoms with Gasteiger partial charge in [-0.25, -0.2) is 4.79 Å². The molecule has 0 aliphatic carbocycles. The molecule has 0 saturated carbocycles. The summed E-state index contributed by atoms with van der Waals surface area (Å²) >= 11 is 0. The summed E-state index contributed by atoms with van der Waals surface area (Å²) < 4.78 is 0. The Morgan fingerprint density at radius 3 is 1.65 bits per heavy atom. The third kappa shape index (κ3) is 3.40. The molecule has 0 aromatic rings. The number of aliphatic carboxylic acids is 3. The minimum atomic E-state index is -3.09. The van der Waals surface area contributed by atoms with Gasteiger partial charge in [-0.15, -0.1) is 0 Å². The quantitative estimate of drug-likeness (QED) is 0.392. The van der Waals surface area contributed by atoms with Crippen LogP contribution in [-0.4, -0.2) is 54.6 Å². The SMILES string of the molecule is CC(C)(O)C(C(=O)O)C(O)(CC(=O)O)C(=O)O. The molecule has 0 aliphatic rings. The summed E-state index contributed by atoms with van der Waals surface area (Å²) in [5.74, 6) is -7.69. The molecule has 0 aromatic carbocycles. The maximum absolute atomic E-state index is 10.9. The van der Waals surface area contributed by atoms with E-state index in [-0.39, 0.29) is 0 Å². The van der Waals surface area contributed by atoms with Crippen LogP contribution >= 0.6 is 0 Å². The van der Waals surface area contributed by atoms with Gasteiger partial charge in [0, 0.05) is 0 Å². The van der Waals surface area contributed by atoms with Gasteiger partial charge in [0.1, 0.15) is 5.92 Å². The van der Waals surface area contributed by atoms with E-state index in [1.807, 2.05) is 0 Å². The predicted molar refractivity (Wildman–Crippen MR) is 52.3 cm³/mol. The number of carboxylic acids is 3. The topological polar surface area (TPSA) is 152 Å². The minimum Gasteiger partial charge on any atom is -0.481 e. The number of rotatable bonds is 6. The van der Waals surface area contributed by atoms with Gasteiger partial charge in [-0.05, 0) is 13.8 Å². The zero-order valence-corrected chi connectivity index (χ0v) is 9.25. The van der Waals surface area contributed by atoms with Gasteiger partial charge in [-0.1, -0.05) is 0 Å². The predicted octanol–water partition coefficient (Wildman–Crippen LogP) is -1.25. The van der Waals surface area contributed by atoms with E-state index in [4.69, 9.17) is 15.3 Å². The van der Waals surface area contributed by atoms with Crippen LogP contribution in [0.15, 0.2) is 0 Å². The Balaban J connectivity index is 5.63. The van der Waals surface area contributed by atoms with Crippen molar-refractivity contribution in [1.82, 2.24) is 0 Å². The van der Waals surface area contributed by atoms with E-state index < -0.39 is 41.4 Å². The molecule has 0 bridgehead atoms. The maximum Gasteiger partial charge on any atom is 0.337 e. The molecule has 0 amide bonds. The largest absolute Gasteiger partial charge is 0.481 e. The molecule has 0 heterocycles. The Bertz CT molecular complexity index is 341. The molecule has 5 N–H and O–H groups in total. The molecule has 0 saturated heterocycles. The third-order valence-electron chi connectivity index (χ3n) is 2.22. The van der Waals surface area contributed by atoms with E-state index >= 15 is 0 Å². The molecule has 8 nitrogen and oxygen atoms in total. The van der Waals surface area contributed by atoms with E-state index in [1.54, 1.807) is 0 Å². The van der Waals surface area contributed by atoms with Gasteiger partial charge in [-0.3, -0.25) is 9.59 Å². The van der Waals surface area contributed by atoms with Crippen molar-refractivity contribution in [2.45, 2.75) is 31.5 Å². The van der Waals surface area contributed by atoms with Crippen molar-refractivity contribution in [1.29, 1.82) is 0 Å². The highest BCUT2D eigenvalue weighted by Crippen LogP contribution is 2.32. The number of aliphatic hydroxyl groups is 2. The first-order valence-electron chi connectivity index (χ1n) is 4.55. The molecule has 2 unspecified atom stereocenters. The van der Waals surface area contributed by atoms with E-state index in [0.717, 1.165) is 13.8 Å². The molecule has 0 spiro atoms. The zero-order chi connectivity index (χ0) is 14.0. The summed E-state index contributed by atoms with van der Waals surface area (Å²) in [7, 11) is 0. The Morgan fingerprint density at radius 2 is 1.47 bits per heavy atom. The normalized spacial score (nSPS) is 16.9. The number of carboxylic acid groups (broad SMARTS) is 3. The molecule has 0 aliphatic heterocycles. The second-order valence-electron chi connectivity index (χ2n) is 4.22. The molecule has 8 heteroatoms. The van der Waals surface area contributed by atoms with Gasteiger partial charge >= 0.3 is 17.9 Å². The Kier molecular flexibility index (Phi) is 4.22. The molecule has 17 heavy (non-hydrogen) atoms. The zero-order valence-electron chi connectivity index (χ0n) is 9.25. The number of carbonyl (C=O) groups is 3. The van der Waals surface area contributed by atoms with Crippen molar-refractivity contribution >= 4 is 17.9 Å². The smallest absolute Gasteiger partial charge is 0.337 e. The summed E-state index contributed by atoms with van der Waals surface area (Å²) in [6, 6.07) is 0. The summed E-state index contributed by atoms with van der Waals surface area (Å²) in [5, 5.41) is 45.4. The van der Waals surface area contributed by atoms with Crippen molar-refractivity contribution in [2.24, 2.45) is 5.92 Å². The summed E-state index contributed by atoms with van der Waals surface area (Å²) in [6.07, 6.45) is -1.33. The fourth-order valence-corrected chi connectivity index (χ4v) is 1.62. The van der Waals surface area contributed by atoms with Crippen LogP contribution in [0.3, 0.4) is 0 Å². The van der Waals surface area contributed by atoms with Gasteiger partial charge in [0.25, 0.3) is 0 Å². The van der Waals surface area contributed by atoms with E-state index in [0.29, 0.717) is 0 Å². The Hall–Kier alpha value is -1.67. The van der Waals surface area contributed by atoms with Gasteiger partial charge < -0.3 is 25.5 Å². The second-order valence-corrected chi connectivity index (χ2v) is 4.22. The monoisotopic (exact) mass is 250 g/mol. The van der Waals surface area contributed by atoms with Crippen LogP contribution in [0.25, 0.3) is 0 Å². The lowest BCUT2D eigenvalue weighted by Gasteiger charge is -2.35. The highest BCUT2D eigenvalue weighted by molar-refractivity contribution is 5.90. The molecule has 98 valence electrons. The maximum atomic E-state index is 10.9. The molecule has 0 rings (SSSR count). The lowest BCUT2D eigenvalue weighted by Crippen LogP contribution is -2.58. The first-order chi connectivity index (χ1) is 7.43. The molecule has 0 radical (unpaired) electrons. The molecule has 0 aromatic heterocycles. The summed E-state index contributed by atoms with van der Waals surface area (Å²) in [6.45, 7) is 1.95. The number of hydrogen-bond acceptors (Lipinski definition) is 5. The van der Waals surface area contributed by atoms with Crippen molar-refractivity contribution in [2.75, 3.05) is 0 Å². The van der Waals surface area contributed by atoms with Crippen LogP contribution < -0.4 is 0 Å². The lowest BCUT2D eigenvalue weighted by molar-refractivity contribution is -0.193. The Labute approximate surface area is 96.1 Å². The first kappa shape index (κ1) is 15.3. The molecular weight excluding hydrogens is 236 g/mol. The van der Waals surface area contributed by atoms with Crippen molar-refractivity contribution in [3.63, 3.8) is 0 Å². The molecular formula is C9H14O8. The second kappa shape index (κ2) is 4.68. The average molecular weight is 250 g/mol. The lowest BCUT2D eigenvalue weighted by atomic mass is 9.75. The van der Waals surface area contributed by atoms with Gasteiger partial charge in [0.2, 0.25) is 0 Å². The summed E-state index contributed by atoms with van der Waals surface area (Å²) in [5.41, 5.74) is -5.19. The van der Waals surface area contributed by atoms with Crippen LogP contribution in [0.4, 0.5) is 0 Å². The van der Waals surface area contributed by atoms with Gasteiger partial charge in [0.05, 0.1) is 12.0 Å². The Morgan fingerprint density at radius 1 is 1.06 bits per heavy atom. The van der Waals surface area contributed by atoms with Crippen LogP contribution in [0.1, 0.15) is 20.3 Å². The van der Waals surface area contributed by atoms with E-state index in [9.17, 15) is 24.6 Å². The van der Waals surface area contributed by atoms with Crippen molar-refractivity contribution < 1.29 is 39.9 Å². The van der Waals surface area contributed by atoms with Gasteiger partial charge in [0.15, 0.2) is 5.60 Å². The fraction of sp³-hybridized carbons (Fsp3) is 0.667. The highest BCUT2D eigenvalue weighted by atomic mass is 16.4. The molecule has 0 fully saturated rings. The standard InChI is InChI=1S/C9H14O8/c1-8(2,16)5(6(12)13)9(17,7(14)15)3-4(10)11/h5,16-17H,3H2,1-2H3,(H,10,11)(H,12,13)(H,14,15). The number of hydrogen-bond donors (Lipinski definition) is 5. The van der Waals surface area contributed by atoms with Crippen molar-refractivity contribution in [3.8, 4) is 0 Å². The van der Waals surface area contributed by atoms with Gasteiger partial charge in [-0.2, -0.15) is 0 Å². The molecule has 2 atom stereocenters. The van der Waals surface area contributed by atoms with Crippen molar-refractivity contribution in [3.05, 3.63) is 0 Å². The third-order valence-corrected chi connectivity index (χ3v) is 2.22. The van der Waals surface area contributed by atoms with Crippen LogP contribution in [-0.2, 0) is 14.4 Å². The average Bonchev–Trinajstić information content (AvgIpc) is 1.96. The summed E-state index contributed by atoms with van der Waals surface area (Å²) in [4.78, 5) is 32.2. The highest BCUT2D eigenvalue weighted by Gasteiger charge is 2.56. The van der Waals surface area contributed by atoms with E-state index in [1.165, 1.54) is 0 Å². The first-order valence-corrected chi connectivity index (χ1v) is 4.55. The minimum absolute atomic E-state index is 0.974.